The van der Waals surface area contributed by atoms with E-state index >= 15 is 0 Å². The molecule has 0 bridgehead atoms. The van der Waals surface area contributed by atoms with Crippen molar-refractivity contribution in [1.29, 1.82) is 0 Å². The quantitative estimate of drug-likeness (QED) is 0.432. The van der Waals surface area contributed by atoms with Crippen LogP contribution >= 0.6 is 0 Å². The number of aliphatic imine (C=N–C) groups is 1. The van der Waals surface area contributed by atoms with E-state index in [0.717, 1.165) is 35.9 Å². The number of aromatic nitrogens is 2. The van der Waals surface area contributed by atoms with Crippen LogP contribution in [-0.4, -0.2) is 35.2 Å². The van der Waals surface area contributed by atoms with Gasteiger partial charge in [-0.3, -0.25) is 0 Å². The van der Waals surface area contributed by atoms with E-state index in [1.165, 1.54) is 5.56 Å². The minimum absolute atomic E-state index is 0.373. The third-order valence-corrected chi connectivity index (χ3v) is 4.73. The number of hydrogen-bond donors (Lipinski definition) is 2. The predicted molar refractivity (Wildman–Crippen MR) is 119 cm³/mol. The first-order chi connectivity index (χ1) is 14.2. The Morgan fingerprint density at radius 2 is 1.86 bits per heavy atom. The zero-order chi connectivity index (χ0) is 20.5. The molecule has 0 saturated heterocycles. The van der Waals surface area contributed by atoms with Crippen molar-refractivity contribution in [2.75, 3.05) is 19.7 Å². The van der Waals surface area contributed by atoms with Crippen molar-refractivity contribution in [3.63, 3.8) is 0 Å². The van der Waals surface area contributed by atoms with Gasteiger partial charge in [-0.05, 0) is 30.5 Å². The highest BCUT2D eigenvalue weighted by molar-refractivity contribution is 5.80. The molecule has 2 aromatic carbocycles. The molecule has 0 aliphatic heterocycles. The zero-order valence-electron chi connectivity index (χ0n) is 17.6. The Morgan fingerprint density at radius 1 is 1.10 bits per heavy atom. The molecule has 3 aromatic rings. The van der Waals surface area contributed by atoms with Crippen LogP contribution in [-0.2, 0) is 24.9 Å². The van der Waals surface area contributed by atoms with Gasteiger partial charge in [0.25, 0.3) is 0 Å². The topological polar surface area (TPSA) is 63.5 Å². The molecule has 2 N–H and O–H groups in total. The maximum absolute atomic E-state index is 5.84. The van der Waals surface area contributed by atoms with Crippen molar-refractivity contribution >= 4 is 17.0 Å². The summed E-state index contributed by atoms with van der Waals surface area (Å²) in [6, 6.07) is 18.4. The van der Waals surface area contributed by atoms with Gasteiger partial charge in [0, 0.05) is 20.1 Å². The number of hydrogen-bond acceptors (Lipinski definition) is 3. The molecule has 6 nitrogen and oxygen atoms in total. The maximum Gasteiger partial charge on any atom is 0.191 e. The number of para-hydroxylation sites is 2. The standard InChI is InChI=1S/C23H31N5O/c1-4-24-23(25-14-18(2)16-29-17-19-10-6-5-7-11-19)26-15-22-27-20-12-8-9-13-21(20)28(22)3/h5-13,18H,4,14-17H2,1-3H3,(H2,24,25,26). The second-order valence-electron chi connectivity index (χ2n) is 7.26. The molecule has 0 aliphatic rings. The van der Waals surface area contributed by atoms with Gasteiger partial charge in [-0.25, -0.2) is 9.98 Å². The minimum Gasteiger partial charge on any atom is -0.376 e. The number of rotatable bonds is 9. The molecule has 154 valence electrons. The molecule has 29 heavy (non-hydrogen) atoms. The highest BCUT2D eigenvalue weighted by Gasteiger charge is 2.08. The Bertz CT molecular complexity index is 919. The van der Waals surface area contributed by atoms with Gasteiger partial charge in [-0.1, -0.05) is 49.4 Å². The molecule has 3 rings (SSSR count). The van der Waals surface area contributed by atoms with Gasteiger partial charge in [0.2, 0.25) is 0 Å². The Labute approximate surface area is 173 Å². The van der Waals surface area contributed by atoms with Crippen LogP contribution in [0.25, 0.3) is 11.0 Å². The van der Waals surface area contributed by atoms with Crippen molar-refractivity contribution in [2.45, 2.75) is 27.0 Å². The molecule has 1 atom stereocenters. The van der Waals surface area contributed by atoms with Crippen LogP contribution in [0.2, 0.25) is 0 Å². The number of guanidine groups is 1. The summed E-state index contributed by atoms with van der Waals surface area (Å²) < 4.78 is 7.94. The van der Waals surface area contributed by atoms with Gasteiger partial charge in [-0.2, -0.15) is 0 Å². The molecule has 1 aromatic heterocycles. The first-order valence-electron chi connectivity index (χ1n) is 10.2. The monoisotopic (exact) mass is 393 g/mol. The third-order valence-electron chi connectivity index (χ3n) is 4.73. The summed E-state index contributed by atoms with van der Waals surface area (Å²) in [5.74, 6) is 2.12. The number of ether oxygens (including phenoxy) is 1. The van der Waals surface area contributed by atoms with E-state index in [4.69, 9.17) is 9.73 Å². The fourth-order valence-corrected chi connectivity index (χ4v) is 3.11. The van der Waals surface area contributed by atoms with Crippen molar-refractivity contribution < 1.29 is 4.74 Å². The van der Waals surface area contributed by atoms with Gasteiger partial charge >= 0.3 is 0 Å². The Kier molecular flexibility index (Phi) is 7.64. The smallest absolute Gasteiger partial charge is 0.191 e. The second-order valence-corrected chi connectivity index (χ2v) is 7.26. The SMILES string of the molecule is CCNC(=NCc1nc2ccccc2n1C)NCC(C)COCc1ccccc1. The van der Waals surface area contributed by atoms with Crippen LogP contribution in [0.5, 0.6) is 0 Å². The maximum atomic E-state index is 5.84. The van der Waals surface area contributed by atoms with Crippen LogP contribution in [0.1, 0.15) is 25.2 Å². The molecular weight excluding hydrogens is 362 g/mol. The number of fused-ring (bicyclic) bond motifs is 1. The van der Waals surface area contributed by atoms with Gasteiger partial charge in [0.1, 0.15) is 12.4 Å². The average molecular weight is 394 g/mol. The highest BCUT2D eigenvalue weighted by atomic mass is 16.5. The number of benzene rings is 2. The normalized spacial score (nSPS) is 12.9. The van der Waals surface area contributed by atoms with Crippen molar-refractivity contribution in [1.82, 2.24) is 20.2 Å². The molecular formula is C23H31N5O. The highest BCUT2D eigenvalue weighted by Crippen LogP contribution is 2.14. The number of aryl methyl sites for hydroxylation is 1. The fraction of sp³-hybridized carbons (Fsp3) is 0.391. The lowest BCUT2D eigenvalue weighted by Gasteiger charge is -2.16. The largest absolute Gasteiger partial charge is 0.376 e. The van der Waals surface area contributed by atoms with Crippen molar-refractivity contribution in [2.24, 2.45) is 18.0 Å². The number of nitrogens with one attached hydrogen (secondary N) is 2. The molecule has 0 aliphatic carbocycles. The molecule has 0 fully saturated rings. The lowest BCUT2D eigenvalue weighted by atomic mass is 10.2. The van der Waals surface area contributed by atoms with Gasteiger partial charge in [0.05, 0.1) is 24.2 Å². The summed E-state index contributed by atoms with van der Waals surface area (Å²) in [5, 5.41) is 6.72. The molecule has 0 saturated carbocycles. The molecule has 0 amide bonds. The van der Waals surface area contributed by atoms with E-state index in [-0.39, 0.29) is 0 Å². The second kappa shape index (κ2) is 10.6. The fourth-order valence-electron chi connectivity index (χ4n) is 3.11. The number of imidazole rings is 1. The van der Waals surface area contributed by atoms with E-state index in [9.17, 15) is 0 Å². The lowest BCUT2D eigenvalue weighted by molar-refractivity contribution is 0.0931. The predicted octanol–water partition coefficient (Wildman–Crippen LogP) is 3.48. The molecule has 6 heteroatoms. The van der Waals surface area contributed by atoms with E-state index in [2.05, 4.69) is 52.2 Å². The Hall–Kier alpha value is -2.86. The van der Waals surface area contributed by atoms with Crippen LogP contribution < -0.4 is 10.6 Å². The first kappa shape index (κ1) is 20.9. The summed E-state index contributed by atoms with van der Waals surface area (Å²) in [6.45, 7) is 7.72. The van der Waals surface area contributed by atoms with Crippen LogP contribution in [0.15, 0.2) is 59.6 Å². The molecule has 1 unspecified atom stereocenters. The van der Waals surface area contributed by atoms with E-state index in [1.807, 2.05) is 43.4 Å². The van der Waals surface area contributed by atoms with Crippen LogP contribution in [0.4, 0.5) is 0 Å². The van der Waals surface area contributed by atoms with Gasteiger partial charge < -0.3 is 19.9 Å². The summed E-state index contributed by atoms with van der Waals surface area (Å²) in [6.07, 6.45) is 0. The van der Waals surface area contributed by atoms with E-state index < -0.39 is 0 Å². The van der Waals surface area contributed by atoms with Gasteiger partial charge in [0.15, 0.2) is 5.96 Å². The summed E-state index contributed by atoms with van der Waals surface area (Å²) in [5.41, 5.74) is 3.33. The minimum atomic E-state index is 0.373. The Balaban J connectivity index is 1.50. The molecule has 1 heterocycles. The van der Waals surface area contributed by atoms with Crippen molar-refractivity contribution in [3.8, 4) is 0 Å². The van der Waals surface area contributed by atoms with E-state index in [1.54, 1.807) is 0 Å². The van der Waals surface area contributed by atoms with Gasteiger partial charge in [-0.15, -0.1) is 0 Å². The number of nitrogens with zero attached hydrogens (tertiary/aromatic N) is 3. The Morgan fingerprint density at radius 3 is 2.62 bits per heavy atom. The molecule has 0 radical (unpaired) electrons. The lowest BCUT2D eigenvalue weighted by Crippen LogP contribution is -2.40. The average Bonchev–Trinajstić information content (AvgIpc) is 3.07. The summed E-state index contributed by atoms with van der Waals surface area (Å²) in [7, 11) is 2.03. The van der Waals surface area contributed by atoms with Crippen LogP contribution in [0.3, 0.4) is 0 Å². The van der Waals surface area contributed by atoms with Crippen LogP contribution in [0, 0.1) is 5.92 Å². The summed E-state index contributed by atoms with van der Waals surface area (Å²) >= 11 is 0. The third kappa shape index (κ3) is 6.06. The molecule has 0 spiro atoms. The zero-order valence-corrected chi connectivity index (χ0v) is 17.6. The summed E-state index contributed by atoms with van der Waals surface area (Å²) in [4.78, 5) is 9.40. The van der Waals surface area contributed by atoms with Crippen molar-refractivity contribution in [3.05, 3.63) is 66.0 Å². The first-order valence-corrected chi connectivity index (χ1v) is 10.2. The van der Waals surface area contributed by atoms with E-state index in [0.29, 0.717) is 25.7 Å².